The zero-order valence-electron chi connectivity index (χ0n) is 16.6. The van der Waals surface area contributed by atoms with E-state index in [2.05, 4.69) is 15.0 Å². The Bertz CT molecular complexity index is 613. The van der Waals surface area contributed by atoms with Gasteiger partial charge in [0, 0.05) is 32.3 Å². The second kappa shape index (κ2) is 11.4. The van der Waals surface area contributed by atoms with Crippen LogP contribution in [0.15, 0.2) is 4.99 Å². The number of nitrogens with two attached hydrogens (primary N) is 1. The number of amides is 1. The van der Waals surface area contributed by atoms with E-state index in [0.29, 0.717) is 32.8 Å². The fourth-order valence-electron chi connectivity index (χ4n) is 3.22. The SMILES string of the molecule is CCOC(=O)N1CCC(NC(N)=NCCS(=O)(=O)NCC2CCCCO2)CC1. The predicted octanol–water partition coefficient (Wildman–Crippen LogP) is 0.000100. The molecule has 0 spiro atoms. The average molecular weight is 420 g/mol. The first-order valence-corrected chi connectivity index (χ1v) is 11.6. The molecule has 0 bridgehead atoms. The van der Waals surface area contributed by atoms with Gasteiger partial charge in [-0.3, -0.25) is 4.99 Å². The molecule has 2 aliphatic heterocycles. The van der Waals surface area contributed by atoms with Crippen LogP contribution in [0.3, 0.4) is 0 Å². The lowest BCUT2D eigenvalue weighted by atomic mass is 10.1. The Morgan fingerprint density at radius 2 is 2.04 bits per heavy atom. The van der Waals surface area contributed by atoms with Gasteiger partial charge in [-0.05, 0) is 39.0 Å². The van der Waals surface area contributed by atoms with Crippen molar-refractivity contribution in [3.05, 3.63) is 0 Å². The Hall–Kier alpha value is -1.59. The van der Waals surface area contributed by atoms with E-state index in [1.807, 2.05) is 0 Å². The van der Waals surface area contributed by atoms with Crippen LogP contribution in [-0.4, -0.2) is 82.7 Å². The van der Waals surface area contributed by atoms with E-state index in [1.165, 1.54) is 0 Å². The molecular weight excluding hydrogens is 386 g/mol. The molecule has 0 aromatic rings. The Balaban J connectivity index is 1.64. The maximum absolute atomic E-state index is 12.1. The zero-order valence-corrected chi connectivity index (χ0v) is 17.4. The van der Waals surface area contributed by atoms with Crippen molar-refractivity contribution in [3.8, 4) is 0 Å². The number of sulfonamides is 1. The van der Waals surface area contributed by atoms with E-state index >= 15 is 0 Å². The Labute approximate surface area is 167 Å². The Kier molecular flexibility index (Phi) is 9.26. The summed E-state index contributed by atoms with van der Waals surface area (Å²) in [7, 11) is -3.41. The molecule has 2 saturated heterocycles. The lowest BCUT2D eigenvalue weighted by molar-refractivity contribution is 0.0200. The molecule has 4 N–H and O–H groups in total. The highest BCUT2D eigenvalue weighted by Crippen LogP contribution is 2.12. The molecule has 1 unspecified atom stereocenters. The first-order chi connectivity index (χ1) is 13.4. The summed E-state index contributed by atoms with van der Waals surface area (Å²) in [6.07, 6.45) is 4.11. The molecule has 10 nitrogen and oxygen atoms in total. The lowest BCUT2D eigenvalue weighted by Crippen LogP contribution is -2.48. The topological polar surface area (TPSA) is 135 Å². The van der Waals surface area contributed by atoms with Gasteiger partial charge in [0.2, 0.25) is 10.0 Å². The van der Waals surface area contributed by atoms with E-state index in [-0.39, 0.29) is 36.5 Å². The molecule has 0 aliphatic carbocycles. The number of hydrogen-bond donors (Lipinski definition) is 3. The van der Waals surface area contributed by atoms with Gasteiger partial charge in [0.05, 0.1) is 25.0 Å². The van der Waals surface area contributed by atoms with E-state index in [4.69, 9.17) is 15.2 Å². The minimum Gasteiger partial charge on any atom is -0.450 e. The summed E-state index contributed by atoms with van der Waals surface area (Å²) in [4.78, 5) is 17.5. The first kappa shape index (κ1) is 22.7. The highest BCUT2D eigenvalue weighted by atomic mass is 32.2. The van der Waals surface area contributed by atoms with Crippen LogP contribution in [-0.2, 0) is 19.5 Å². The van der Waals surface area contributed by atoms with Gasteiger partial charge < -0.3 is 25.4 Å². The second-order valence-corrected chi connectivity index (χ2v) is 8.95. The van der Waals surface area contributed by atoms with E-state index < -0.39 is 10.0 Å². The molecule has 2 heterocycles. The van der Waals surface area contributed by atoms with Gasteiger partial charge in [0.25, 0.3) is 0 Å². The number of carbonyl (C=O) groups is 1. The van der Waals surface area contributed by atoms with Crippen molar-refractivity contribution < 1.29 is 22.7 Å². The number of nitrogens with zero attached hydrogens (tertiary/aromatic N) is 2. The molecule has 162 valence electrons. The molecule has 2 rings (SSSR count). The standard InChI is InChI=1S/C17H33N5O5S/c1-2-26-17(23)22-9-6-14(7-10-22)21-16(18)19-8-12-28(24,25)20-13-15-5-3-4-11-27-15/h14-15,20H,2-13H2,1H3,(H3,18,19,21). The van der Waals surface area contributed by atoms with Crippen LogP contribution < -0.4 is 15.8 Å². The number of guanidine groups is 1. The van der Waals surface area contributed by atoms with Gasteiger partial charge in [-0.15, -0.1) is 0 Å². The van der Waals surface area contributed by atoms with Gasteiger partial charge in [0.1, 0.15) is 0 Å². The Morgan fingerprint density at radius 3 is 2.68 bits per heavy atom. The fraction of sp³-hybridized carbons (Fsp3) is 0.882. The molecule has 0 saturated carbocycles. The minimum absolute atomic E-state index is 0.0424. The summed E-state index contributed by atoms with van der Waals surface area (Å²) in [5, 5.41) is 3.09. The molecule has 2 aliphatic rings. The van der Waals surface area contributed by atoms with Crippen LogP contribution in [0.2, 0.25) is 0 Å². The predicted molar refractivity (Wildman–Crippen MR) is 107 cm³/mol. The fourth-order valence-corrected chi connectivity index (χ4v) is 4.14. The Morgan fingerprint density at radius 1 is 1.29 bits per heavy atom. The van der Waals surface area contributed by atoms with Crippen LogP contribution >= 0.6 is 0 Å². The molecule has 1 atom stereocenters. The van der Waals surface area contributed by atoms with Crippen molar-refractivity contribution in [1.82, 2.24) is 14.9 Å². The number of aliphatic imine (C=N–C) groups is 1. The molecule has 0 aromatic heterocycles. The highest BCUT2D eigenvalue weighted by molar-refractivity contribution is 7.89. The van der Waals surface area contributed by atoms with E-state index in [1.54, 1.807) is 11.8 Å². The van der Waals surface area contributed by atoms with Crippen LogP contribution in [0.25, 0.3) is 0 Å². The van der Waals surface area contributed by atoms with Crippen molar-refractivity contribution in [3.63, 3.8) is 0 Å². The van der Waals surface area contributed by atoms with Crippen molar-refractivity contribution in [2.75, 3.05) is 45.1 Å². The molecule has 1 amide bonds. The third-order valence-electron chi connectivity index (χ3n) is 4.82. The van der Waals surface area contributed by atoms with Crippen LogP contribution in [0.5, 0.6) is 0 Å². The third kappa shape index (κ3) is 8.19. The zero-order chi connectivity index (χ0) is 20.4. The summed E-state index contributed by atoms with van der Waals surface area (Å²) in [5.41, 5.74) is 5.87. The van der Waals surface area contributed by atoms with Crippen molar-refractivity contribution in [2.24, 2.45) is 10.7 Å². The number of carbonyl (C=O) groups excluding carboxylic acids is 1. The van der Waals surface area contributed by atoms with Crippen LogP contribution in [0, 0.1) is 0 Å². The lowest BCUT2D eigenvalue weighted by Gasteiger charge is -2.31. The quantitative estimate of drug-likeness (QED) is 0.372. The molecule has 28 heavy (non-hydrogen) atoms. The van der Waals surface area contributed by atoms with Crippen molar-refractivity contribution in [1.29, 1.82) is 0 Å². The second-order valence-electron chi connectivity index (χ2n) is 7.03. The van der Waals surface area contributed by atoms with Gasteiger partial charge in [-0.1, -0.05) is 0 Å². The number of likely N-dealkylation sites (tertiary alicyclic amines) is 1. The van der Waals surface area contributed by atoms with Gasteiger partial charge in [-0.25, -0.2) is 17.9 Å². The van der Waals surface area contributed by atoms with Gasteiger partial charge in [-0.2, -0.15) is 0 Å². The number of piperidine rings is 1. The summed E-state index contributed by atoms with van der Waals surface area (Å²) in [6.45, 7) is 4.40. The highest BCUT2D eigenvalue weighted by Gasteiger charge is 2.23. The van der Waals surface area contributed by atoms with Crippen LogP contribution in [0.1, 0.15) is 39.0 Å². The minimum atomic E-state index is -3.41. The van der Waals surface area contributed by atoms with Gasteiger partial charge >= 0.3 is 6.09 Å². The van der Waals surface area contributed by atoms with Crippen molar-refractivity contribution in [2.45, 2.75) is 51.2 Å². The van der Waals surface area contributed by atoms with Crippen LogP contribution in [0.4, 0.5) is 4.79 Å². The van der Waals surface area contributed by atoms with E-state index in [0.717, 1.165) is 32.1 Å². The number of nitrogens with one attached hydrogen (secondary N) is 2. The maximum atomic E-state index is 12.1. The summed E-state index contributed by atoms with van der Waals surface area (Å²) < 4.78 is 37.2. The number of ether oxygens (including phenoxy) is 2. The number of hydrogen-bond acceptors (Lipinski definition) is 6. The third-order valence-corrected chi connectivity index (χ3v) is 6.15. The summed E-state index contributed by atoms with van der Waals surface area (Å²) in [6, 6.07) is 0.104. The maximum Gasteiger partial charge on any atom is 0.409 e. The normalized spacial score (nSPS) is 22.1. The summed E-state index contributed by atoms with van der Waals surface area (Å²) in [5.74, 6) is 0.101. The molecular formula is C17H33N5O5S. The average Bonchev–Trinajstić information content (AvgIpc) is 2.68. The molecule has 2 fully saturated rings. The van der Waals surface area contributed by atoms with Gasteiger partial charge in [0.15, 0.2) is 5.96 Å². The van der Waals surface area contributed by atoms with E-state index in [9.17, 15) is 13.2 Å². The molecule has 0 radical (unpaired) electrons. The largest absolute Gasteiger partial charge is 0.450 e. The monoisotopic (exact) mass is 419 g/mol. The molecule has 11 heteroatoms. The first-order valence-electron chi connectivity index (χ1n) is 9.96. The summed E-state index contributed by atoms with van der Waals surface area (Å²) >= 11 is 0. The smallest absolute Gasteiger partial charge is 0.409 e. The van der Waals surface area contributed by atoms with Crippen molar-refractivity contribution >= 4 is 22.1 Å². The number of rotatable bonds is 8. The molecule has 0 aromatic carbocycles.